The summed E-state index contributed by atoms with van der Waals surface area (Å²) in [6.07, 6.45) is 8.19. The molecule has 3 aliphatic rings. The Morgan fingerprint density at radius 2 is 2.04 bits per heavy atom. The number of anilines is 2. The first-order chi connectivity index (χ1) is 21.9. The molecule has 0 radical (unpaired) electrons. The van der Waals surface area contributed by atoms with Crippen LogP contribution in [0.3, 0.4) is 0 Å². The number of hydrogen-bond donors (Lipinski definition) is 4. The maximum Gasteiger partial charge on any atom is 0.319 e. The summed E-state index contributed by atoms with van der Waals surface area (Å²) in [5, 5.41) is 22.8. The number of aromatic nitrogens is 3. The maximum atomic E-state index is 17.0. The fourth-order valence-corrected chi connectivity index (χ4v) is 7.45. The molecule has 1 aromatic carbocycles. The van der Waals surface area contributed by atoms with Crippen molar-refractivity contribution in [2.24, 2.45) is 5.41 Å². The van der Waals surface area contributed by atoms with Crippen molar-refractivity contribution in [2.75, 3.05) is 57.4 Å². The average Bonchev–Trinajstić information content (AvgIpc) is 3.79. The third-order valence-corrected chi connectivity index (χ3v) is 9.79. The van der Waals surface area contributed by atoms with E-state index in [2.05, 4.69) is 15.3 Å². The molecular weight excluding hydrogens is 601 g/mol. The van der Waals surface area contributed by atoms with Crippen molar-refractivity contribution in [1.29, 1.82) is 5.41 Å². The lowest BCUT2D eigenvalue weighted by molar-refractivity contribution is 0.0798. The molecule has 45 heavy (non-hydrogen) atoms. The zero-order chi connectivity index (χ0) is 31.7. The number of nitrogen functional groups attached to an aromatic ring is 1. The van der Waals surface area contributed by atoms with E-state index in [1.807, 2.05) is 6.92 Å². The van der Waals surface area contributed by atoms with Crippen molar-refractivity contribution < 1.29 is 23.7 Å². The molecule has 6 rings (SSSR count). The van der Waals surface area contributed by atoms with Crippen LogP contribution in [0.5, 0.6) is 11.9 Å². The van der Waals surface area contributed by atoms with E-state index in [-0.39, 0.29) is 57.9 Å². The molecule has 13 heteroatoms. The number of piperidine rings is 1. The summed E-state index contributed by atoms with van der Waals surface area (Å²) in [4.78, 5) is 15.5. The van der Waals surface area contributed by atoms with E-state index >= 15 is 4.39 Å². The lowest BCUT2D eigenvalue weighted by Gasteiger charge is -2.39. The molecule has 11 nitrogen and oxygen atoms in total. The third kappa shape index (κ3) is 5.89. The van der Waals surface area contributed by atoms with Crippen LogP contribution < -0.4 is 25.4 Å². The number of halogens is 2. The fourth-order valence-electron chi connectivity index (χ4n) is 7.08. The minimum absolute atomic E-state index is 0.00337. The Hall–Kier alpha value is -3.32. The van der Waals surface area contributed by atoms with Gasteiger partial charge in [0.1, 0.15) is 23.3 Å². The number of methoxy groups -OCH3 is 1. The highest BCUT2D eigenvalue weighted by molar-refractivity contribution is 6.32. The number of hydrogen-bond acceptors (Lipinski definition) is 11. The number of pyridine rings is 1. The number of nitrogens with two attached hydrogens (primary N) is 1. The Bertz CT molecular complexity index is 1590. The van der Waals surface area contributed by atoms with Gasteiger partial charge < -0.3 is 40.7 Å². The predicted molar refractivity (Wildman–Crippen MR) is 172 cm³/mol. The van der Waals surface area contributed by atoms with Crippen molar-refractivity contribution in [3.05, 3.63) is 28.0 Å². The number of nitrogens with one attached hydrogen (secondary N) is 2. The molecule has 2 aliphatic carbocycles. The van der Waals surface area contributed by atoms with Crippen LogP contribution in [0, 0.1) is 16.6 Å². The number of rotatable bonds is 13. The molecule has 2 atom stereocenters. The van der Waals surface area contributed by atoms with Gasteiger partial charge >= 0.3 is 6.01 Å². The molecule has 242 valence electrons. The van der Waals surface area contributed by atoms with E-state index in [1.54, 1.807) is 11.0 Å². The second-order valence-corrected chi connectivity index (χ2v) is 12.6. The normalized spacial score (nSPS) is 21.1. The van der Waals surface area contributed by atoms with Gasteiger partial charge in [-0.3, -0.25) is 0 Å². The van der Waals surface area contributed by atoms with Gasteiger partial charge in [0.25, 0.3) is 0 Å². The van der Waals surface area contributed by atoms with E-state index in [1.165, 1.54) is 7.11 Å². The minimum atomic E-state index is -0.745. The summed E-state index contributed by atoms with van der Waals surface area (Å²) in [6.45, 7) is 3.92. The van der Waals surface area contributed by atoms with Gasteiger partial charge in [-0.25, -0.2) is 9.37 Å². The zero-order valence-corrected chi connectivity index (χ0v) is 26.6. The molecule has 0 spiro atoms. The quantitative estimate of drug-likeness (QED) is 0.0864. The van der Waals surface area contributed by atoms with E-state index in [0.717, 1.165) is 57.7 Å². The number of benzene rings is 1. The molecule has 5 N–H and O–H groups in total. The largest absolute Gasteiger partial charge is 0.480 e. The highest BCUT2D eigenvalue weighted by atomic mass is 35.5. The molecule has 2 aromatic heterocycles. The van der Waals surface area contributed by atoms with Crippen molar-refractivity contribution in [3.63, 3.8) is 0 Å². The van der Waals surface area contributed by atoms with Crippen molar-refractivity contribution in [2.45, 2.75) is 63.8 Å². The molecule has 2 unspecified atom stereocenters. The molecule has 1 aliphatic heterocycles. The third-order valence-electron chi connectivity index (χ3n) is 9.48. The van der Waals surface area contributed by atoms with Crippen molar-refractivity contribution in [3.8, 4) is 23.1 Å². The van der Waals surface area contributed by atoms with Crippen LogP contribution in [0.1, 0.15) is 68.9 Å². The maximum absolute atomic E-state index is 17.0. The highest BCUT2D eigenvalue weighted by Crippen LogP contribution is 2.51. The Kier molecular flexibility index (Phi) is 9.28. The van der Waals surface area contributed by atoms with Gasteiger partial charge in [0.15, 0.2) is 11.6 Å². The fraction of sp³-hybridized carbons (Fsp3) is 0.562. The second-order valence-electron chi connectivity index (χ2n) is 12.2. The average molecular weight is 642 g/mol. The van der Waals surface area contributed by atoms with E-state index in [0.29, 0.717) is 47.6 Å². The van der Waals surface area contributed by atoms with Crippen LogP contribution in [-0.2, 0) is 4.74 Å². The summed E-state index contributed by atoms with van der Waals surface area (Å²) < 4.78 is 34.6. The lowest BCUT2D eigenvalue weighted by atomic mass is 9.76. The van der Waals surface area contributed by atoms with Crippen LogP contribution in [-0.4, -0.2) is 79.1 Å². The summed E-state index contributed by atoms with van der Waals surface area (Å²) in [5.74, 6) is -0.375. The molecular formula is C32H41ClFN7O4. The second kappa shape index (κ2) is 13.2. The molecule has 1 saturated heterocycles. The van der Waals surface area contributed by atoms with Gasteiger partial charge in [0.05, 0.1) is 20.3 Å². The van der Waals surface area contributed by atoms with Gasteiger partial charge in [-0.1, -0.05) is 18.0 Å². The number of ether oxygens (including phenoxy) is 3. The summed E-state index contributed by atoms with van der Waals surface area (Å²) in [5.41, 5.74) is 7.73. The molecule has 3 aromatic rings. The monoisotopic (exact) mass is 641 g/mol. The molecule has 0 amide bonds. The highest BCUT2D eigenvalue weighted by Gasteiger charge is 2.45. The lowest BCUT2D eigenvalue weighted by Crippen LogP contribution is -2.49. The smallest absolute Gasteiger partial charge is 0.319 e. The number of aliphatic hydroxyl groups is 1. The summed E-state index contributed by atoms with van der Waals surface area (Å²) in [6, 6.07) is 1.96. The van der Waals surface area contributed by atoms with Gasteiger partial charge in [0, 0.05) is 52.7 Å². The first kappa shape index (κ1) is 31.7. The van der Waals surface area contributed by atoms with Gasteiger partial charge in [-0.2, -0.15) is 9.97 Å². The Morgan fingerprint density at radius 3 is 2.76 bits per heavy atom. The number of nitrogens with zero attached hydrogens (tertiary/aromatic N) is 4. The van der Waals surface area contributed by atoms with Gasteiger partial charge in [0.2, 0.25) is 5.88 Å². The van der Waals surface area contributed by atoms with Crippen molar-refractivity contribution >= 4 is 40.2 Å². The van der Waals surface area contributed by atoms with Crippen LogP contribution in [0.25, 0.3) is 22.2 Å². The standard InChI is InChI=1S/C32H41ClFN7O4/c1-3-44-13-12-41(17-42)29-25-28(39-31(40-29)45-16-32-9-4-6-22(32)37-11-5-10-32)26(34)27(38-30(25)43-2)24-19(15-35)21(36)14-20(33)23(24)18-7-8-18/h14-15,18,22,35,37,42H,3-13,16-17,36H2,1-2H3. The SMILES string of the molecule is CCOCCN(CO)c1nc(OCC23CCCNC2CCC3)nc2c(F)c(-c3c(C=N)c(N)cc(Cl)c3C3CC3)nc(OC)c12. The topological polar surface area (TPSA) is 152 Å². The van der Waals surface area contributed by atoms with Crippen LogP contribution in [0.15, 0.2) is 6.07 Å². The van der Waals surface area contributed by atoms with Crippen LogP contribution in [0.2, 0.25) is 5.02 Å². The first-order valence-corrected chi connectivity index (χ1v) is 16.1. The van der Waals surface area contributed by atoms with E-state index in [4.69, 9.17) is 41.9 Å². The first-order valence-electron chi connectivity index (χ1n) is 15.7. The Labute approximate surface area is 267 Å². The summed E-state index contributed by atoms with van der Waals surface area (Å²) in [7, 11) is 1.43. The predicted octanol–water partition coefficient (Wildman–Crippen LogP) is 5.04. The zero-order valence-electron chi connectivity index (χ0n) is 25.8. The van der Waals surface area contributed by atoms with Crippen LogP contribution in [0.4, 0.5) is 15.9 Å². The Balaban J connectivity index is 1.54. The van der Waals surface area contributed by atoms with Gasteiger partial charge in [-0.15, -0.1) is 0 Å². The van der Waals surface area contributed by atoms with Crippen molar-refractivity contribution in [1.82, 2.24) is 20.3 Å². The molecule has 3 fully saturated rings. The molecule has 3 heterocycles. The molecule has 0 bridgehead atoms. The minimum Gasteiger partial charge on any atom is -0.480 e. The van der Waals surface area contributed by atoms with E-state index in [9.17, 15) is 5.11 Å². The molecule has 2 saturated carbocycles. The Morgan fingerprint density at radius 1 is 1.24 bits per heavy atom. The van der Waals surface area contributed by atoms with E-state index < -0.39 is 12.5 Å². The van der Waals surface area contributed by atoms with Crippen LogP contribution >= 0.6 is 11.6 Å². The number of aliphatic hydroxyl groups excluding tert-OH is 1. The van der Waals surface area contributed by atoms with Gasteiger partial charge in [-0.05, 0) is 69.5 Å². The number of fused-ring (bicyclic) bond motifs is 2. The summed E-state index contributed by atoms with van der Waals surface area (Å²) >= 11 is 6.69.